The lowest BCUT2D eigenvalue weighted by molar-refractivity contribution is 0.113. The van der Waals surface area contributed by atoms with E-state index in [9.17, 15) is 0 Å². The molecule has 1 N–H and O–H groups in total. The molecule has 4 unspecified atom stereocenters. The molecule has 0 aromatic carbocycles. The van der Waals surface area contributed by atoms with Crippen LogP contribution in [0, 0.1) is 5.92 Å². The summed E-state index contributed by atoms with van der Waals surface area (Å²) >= 11 is 1.78. The van der Waals surface area contributed by atoms with Crippen LogP contribution in [-0.2, 0) is 0 Å². The Morgan fingerprint density at radius 1 is 1.53 bits per heavy atom. The van der Waals surface area contributed by atoms with Crippen molar-refractivity contribution < 1.29 is 0 Å². The zero-order chi connectivity index (χ0) is 13.8. The predicted molar refractivity (Wildman–Crippen MR) is 82.8 cm³/mol. The van der Waals surface area contributed by atoms with Crippen LogP contribution >= 0.6 is 11.3 Å². The normalized spacial score (nSPS) is 28.2. The quantitative estimate of drug-likeness (QED) is 0.899. The summed E-state index contributed by atoms with van der Waals surface area (Å²) in [6.07, 6.45) is 3.17. The van der Waals surface area contributed by atoms with Gasteiger partial charge >= 0.3 is 0 Å². The Hall–Kier alpha value is -0.450. The zero-order valence-electron chi connectivity index (χ0n) is 12.6. The van der Waals surface area contributed by atoms with Gasteiger partial charge in [0, 0.05) is 49.2 Å². The fourth-order valence-corrected chi connectivity index (χ4v) is 3.47. The van der Waals surface area contributed by atoms with Crippen molar-refractivity contribution in [3.63, 3.8) is 0 Å². The van der Waals surface area contributed by atoms with Crippen molar-refractivity contribution in [2.24, 2.45) is 5.92 Å². The second-order valence-corrected chi connectivity index (χ2v) is 6.90. The SMILES string of the molecule is CCC(C)C1CN(CC(C)c2nccs2)C(C)CN1. The maximum absolute atomic E-state index is 4.45. The summed E-state index contributed by atoms with van der Waals surface area (Å²) in [7, 11) is 0. The highest BCUT2D eigenvalue weighted by atomic mass is 32.1. The van der Waals surface area contributed by atoms with E-state index in [1.54, 1.807) is 11.3 Å². The van der Waals surface area contributed by atoms with Gasteiger partial charge in [-0.3, -0.25) is 4.90 Å². The molecule has 19 heavy (non-hydrogen) atoms. The van der Waals surface area contributed by atoms with Crippen LogP contribution in [0.3, 0.4) is 0 Å². The average Bonchev–Trinajstić information content (AvgIpc) is 2.94. The molecule has 1 aliphatic heterocycles. The van der Waals surface area contributed by atoms with Gasteiger partial charge in [-0.15, -0.1) is 11.3 Å². The number of hydrogen-bond donors (Lipinski definition) is 1. The fraction of sp³-hybridized carbons (Fsp3) is 0.800. The van der Waals surface area contributed by atoms with E-state index in [4.69, 9.17) is 0 Å². The molecule has 3 nitrogen and oxygen atoms in total. The van der Waals surface area contributed by atoms with E-state index < -0.39 is 0 Å². The molecule has 2 heterocycles. The lowest BCUT2D eigenvalue weighted by Gasteiger charge is -2.41. The Morgan fingerprint density at radius 2 is 2.32 bits per heavy atom. The van der Waals surface area contributed by atoms with E-state index in [2.05, 4.69) is 48.3 Å². The fourth-order valence-electron chi connectivity index (χ4n) is 2.78. The van der Waals surface area contributed by atoms with Gasteiger partial charge in [0.25, 0.3) is 0 Å². The third-order valence-corrected chi connectivity index (χ3v) is 5.45. The van der Waals surface area contributed by atoms with Crippen molar-refractivity contribution in [1.29, 1.82) is 0 Å². The van der Waals surface area contributed by atoms with Crippen LogP contribution in [0.1, 0.15) is 45.0 Å². The summed E-state index contributed by atoms with van der Waals surface area (Å²) in [5, 5.41) is 7.05. The molecule has 0 spiro atoms. The molecule has 1 aromatic heterocycles. The Bertz CT molecular complexity index is 365. The molecule has 108 valence electrons. The van der Waals surface area contributed by atoms with Crippen LogP contribution in [0.25, 0.3) is 0 Å². The summed E-state index contributed by atoms with van der Waals surface area (Å²) in [5.74, 6) is 1.29. The number of piperazine rings is 1. The molecule has 0 aliphatic carbocycles. The minimum atomic E-state index is 0.540. The van der Waals surface area contributed by atoms with E-state index in [0.717, 1.165) is 19.0 Å². The van der Waals surface area contributed by atoms with Gasteiger partial charge in [-0.05, 0) is 12.8 Å². The van der Waals surface area contributed by atoms with Crippen molar-refractivity contribution in [3.05, 3.63) is 16.6 Å². The van der Waals surface area contributed by atoms with Crippen molar-refractivity contribution >= 4 is 11.3 Å². The van der Waals surface area contributed by atoms with Crippen molar-refractivity contribution in [2.45, 2.75) is 52.1 Å². The minimum absolute atomic E-state index is 0.540. The zero-order valence-corrected chi connectivity index (χ0v) is 13.4. The van der Waals surface area contributed by atoms with Crippen molar-refractivity contribution in [2.75, 3.05) is 19.6 Å². The first-order chi connectivity index (χ1) is 9.11. The highest BCUT2D eigenvalue weighted by molar-refractivity contribution is 7.09. The number of aromatic nitrogens is 1. The van der Waals surface area contributed by atoms with E-state index in [1.807, 2.05) is 6.20 Å². The number of hydrogen-bond acceptors (Lipinski definition) is 4. The molecule has 4 heteroatoms. The first kappa shape index (κ1) is 14.9. The van der Waals surface area contributed by atoms with Gasteiger partial charge < -0.3 is 5.32 Å². The van der Waals surface area contributed by atoms with Gasteiger partial charge in [-0.2, -0.15) is 0 Å². The smallest absolute Gasteiger partial charge is 0.0965 e. The highest BCUT2D eigenvalue weighted by Crippen LogP contribution is 2.22. The Morgan fingerprint density at radius 3 is 2.95 bits per heavy atom. The Labute approximate surface area is 121 Å². The Kier molecular flexibility index (Phi) is 5.37. The summed E-state index contributed by atoms with van der Waals surface area (Å²) < 4.78 is 0. The maximum atomic E-state index is 4.45. The van der Waals surface area contributed by atoms with E-state index in [0.29, 0.717) is 18.0 Å². The molecule has 1 saturated heterocycles. The number of thiazole rings is 1. The molecule has 1 fully saturated rings. The number of nitrogens with one attached hydrogen (secondary N) is 1. The summed E-state index contributed by atoms with van der Waals surface area (Å²) in [6, 6.07) is 1.27. The number of nitrogens with zero attached hydrogens (tertiary/aromatic N) is 2. The molecule has 1 aliphatic rings. The van der Waals surface area contributed by atoms with Gasteiger partial charge in [0.15, 0.2) is 0 Å². The van der Waals surface area contributed by atoms with Crippen LogP contribution in [0.5, 0.6) is 0 Å². The molecular formula is C15H27N3S. The van der Waals surface area contributed by atoms with Crippen molar-refractivity contribution in [1.82, 2.24) is 15.2 Å². The molecular weight excluding hydrogens is 254 g/mol. The van der Waals surface area contributed by atoms with E-state index in [-0.39, 0.29) is 0 Å². The van der Waals surface area contributed by atoms with Gasteiger partial charge in [0.2, 0.25) is 0 Å². The largest absolute Gasteiger partial charge is 0.311 e. The van der Waals surface area contributed by atoms with Gasteiger partial charge in [0.1, 0.15) is 0 Å². The third kappa shape index (κ3) is 3.77. The molecule has 0 saturated carbocycles. The van der Waals surface area contributed by atoms with E-state index >= 15 is 0 Å². The lowest BCUT2D eigenvalue weighted by Crippen LogP contribution is -2.57. The van der Waals surface area contributed by atoms with Crippen LogP contribution in [0.15, 0.2) is 11.6 Å². The third-order valence-electron chi connectivity index (χ3n) is 4.44. The van der Waals surface area contributed by atoms with Crippen LogP contribution < -0.4 is 5.32 Å². The van der Waals surface area contributed by atoms with Gasteiger partial charge in [-0.25, -0.2) is 4.98 Å². The summed E-state index contributed by atoms with van der Waals surface area (Å²) in [5.41, 5.74) is 0. The first-order valence-corrected chi connectivity index (χ1v) is 8.36. The van der Waals surface area contributed by atoms with Crippen LogP contribution in [0.2, 0.25) is 0 Å². The lowest BCUT2D eigenvalue weighted by atomic mass is 9.95. The highest BCUT2D eigenvalue weighted by Gasteiger charge is 2.28. The minimum Gasteiger partial charge on any atom is -0.311 e. The molecule has 2 rings (SSSR count). The molecule has 0 radical (unpaired) electrons. The second kappa shape index (κ2) is 6.82. The van der Waals surface area contributed by atoms with Crippen LogP contribution in [-0.4, -0.2) is 41.6 Å². The summed E-state index contributed by atoms with van der Waals surface area (Å²) in [6.45, 7) is 12.7. The van der Waals surface area contributed by atoms with Gasteiger partial charge in [0.05, 0.1) is 5.01 Å². The topological polar surface area (TPSA) is 28.2 Å². The Balaban J connectivity index is 1.94. The first-order valence-electron chi connectivity index (χ1n) is 7.48. The predicted octanol–water partition coefficient (Wildman–Crippen LogP) is 2.96. The average molecular weight is 281 g/mol. The summed E-state index contributed by atoms with van der Waals surface area (Å²) in [4.78, 5) is 7.09. The van der Waals surface area contributed by atoms with Gasteiger partial charge in [-0.1, -0.05) is 27.2 Å². The monoisotopic (exact) mass is 281 g/mol. The van der Waals surface area contributed by atoms with Crippen LogP contribution in [0.4, 0.5) is 0 Å². The molecule has 4 atom stereocenters. The second-order valence-electron chi connectivity index (χ2n) is 5.97. The number of rotatable bonds is 5. The van der Waals surface area contributed by atoms with Crippen molar-refractivity contribution in [3.8, 4) is 0 Å². The molecule has 0 amide bonds. The molecule has 1 aromatic rings. The maximum Gasteiger partial charge on any atom is 0.0965 e. The molecule has 0 bridgehead atoms. The van der Waals surface area contributed by atoms with E-state index in [1.165, 1.54) is 18.0 Å². The standard InChI is InChI=1S/C15H27N3S/c1-5-11(2)14-10-18(13(4)8-17-14)9-12(3)15-16-6-7-19-15/h6-7,11-14,17H,5,8-10H2,1-4H3.